The summed E-state index contributed by atoms with van der Waals surface area (Å²) in [7, 11) is 1.85. The standard InChI is InChI=1S/C13H15Cl3N4/c1-7-13(16)12(20(2)19-7)6-11(18-17)8-3-9(14)5-10(15)4-8/h3-5,11,18H,6,17H2,1-2H3. The first kappa shape index (κ1) is 15.6. The van der Waals surface area contributed by atoms with Crippen molar-refractivity contribution in [2.45, 2.75) is 19.4 Å². The van der Waals surface area contributed by atoms with Crippen LogP contribution in [-0.4, -0.2) is 9.78 Å². The van der Waals surface area contributed by atoms with Crippen LogP contribution in [0.5, 0.6) is 0 Å². The van der Waals surface area contributed by atoms with E-state index < -0.39 is 0 Å². The van der Waals surface area contributed by atoms with Gasteiger partial charge in [0.2, 0.25) is 0 Å². The number of halogens is 3. The quantitative estimate of drug-likeness (QED) is 0.665. The number of hydrazine groups is 1. The first-order valence-corrected chi connectivity index (χ1v) is 7.16. The van der Waals surface area contributed by atoms with Crippen molar-refractivity contribution in [1.29, 1.82) is 0 Å². The van der Waals surface area contributed by atoms with E-state index in [1.165, 1.54) is 0 Å². The second kappa shape index (κ2) is 6.33. The molecule has 108 valence electrons. The van der Waals surface area contributed by atoms with Crippen molar-refractivity contribution >= 4 is 34.8 Å². The Bertz CT molecular complexity index is 604. The molecule has 1 aromatic carbocycles. The Morgan fingerprint density at radius 3 is 2.30 bits per heavy atom. The van der Waals surface area contributed by atoms with Gasteiger partial charge in [0.05, 0.1) is 22.5 Å². The zero-order valence-electron chi connectivity index (χ0n) is 11.1. The number of nitrogens with one attached hydrogen (secondary N) is 1. The summed E-state index contributed by atoms with van der Waals surface area (Å²) in [5, 5.41) is 6.08. The van der Waals surface area contributed by atoms with Crippen molar-refractivity contribution in [2.75, 3.05) is 0 Å². The smallest absolute Gasteiger partial charge is 0.0847 e. The van der Waals surface area contributed by atoms with Crippen LogP contribution in [0.25, 0.3) is 0 Å². The summed E-state index contributed by atoms with van der Waals surface area (Å²) < 4.78 is 1.76. The average Bonchev–Trinajstić information content (AvgIpc) is 2.60. The van der Waals surface area contributed by atoms with E-state index in [1.807, 2.05) is 26.1 Å². The van der Waals surface area contributed by atoms with Crippen LogP contribution in [0, 0.1) is 6.92 Å². The molecule has 2 aromatic rings. The fourth-order valence-electron chi connectivity index (χ4n) is 2.14. The molecule has 0 aliphatic heterocycles. The Hall–Kier alpha value is -0.780. The van der Waals surface area contributed by atoms with Gasteiger partial charge in [-0.05, 0) is 30.7 Å². The second-order valence-electron chi connectivity index (χ2n) is 4.60. The Morgan fingerprint density at radius 2 is 1.85 bits per heavy atom. The third-order valence-electron chi connectivity index (χ3n) is 3.15. The van der Waals surface area contributed by atoms with Crippen LogP contribution in [0.2, 0.25) is 15.1 Å². The number of nitrogens with two attached hydrogens (primary N) is 1. The molecule has 0 radical (unpaired) electrons. The molecule has 1 atom stereocenters. The van der Waals surface area contributed by atoms with Crippen molar-refractivity contribution in [3.63, 3.8) is 0 Å². The Morgan fingerprint density at radius 1 is 1.25 bits per heavy atom. The fourth-order valence-corrected chi connectivity index (χ4v) is 2.92. The van der Waals surface area contributed by atoms with Gasteiger partial charge in [-0.2, -0.15) is 5.10 Å². The van der Waals surface area contributed by atoms with Crippen molar-refractivity contribution in [3.05, 3.63) is 50.2 Å². The number of hydrogen-bond acceptors (Lipinski definition) is 3. The van der Waals surface area contributed by atoms with Crippen LogP contribution in [0.15, 0.2) is 18.2 Å². The Balaban J connectivity index is 2.33. The van der Waals surface area contributed by atoms with Crippen molar-refractivity contribution in [1.82, 2.24) is 15.2 Å². The topological polar surface area (TPSA) is 55.9 Å². The summed E-state index contributed by atoms with van der Waals surface area (Å²) in [6, 6.07) is 5.18. The lowest BCUT2D eigenvalue weighted by atomic mass is 10.0. The van der Waals surface area contributed by atoms with Gasteiger partial charge >= 0.3 is 0 Å². The highest BCUT2D eigenvalue weighted by Gasteiger charge is 2.18. The number of hydrogen-bond donors (Lipinski definition) is 2. The van der Waals surface area contributed by atoms with Gasteiger partial charge in [-0.25, -0.2) is 0 Å². The van der Waals surface area contributed by atoms with E-state index >= 15 is 0 Å². The van der Waals surface area contributed by atoms with Crippen LogP contribution in [0.3, 0.4) is 0 Å². The monoisotopic (exact) mass is 332 g/mol. The fraction of sp³-hybridized carbons (Fsp3) is 0.308. The van der Waals surface area contributed by atoms with Crippen LogP contribution >= 0.6 is 34.8 Å². The highest BCUT2D eigenvalue weighted by Crippen LogP contribution is 2.28. The summed E-state index contributed by atoms with van der Waals surface area (Å²) in [5.74, 6) is 5.65. The van der Waals surface area contributed by atoms with Gasteiger partial charge < -0.3 is 0 Å². The van der Waals surface area contributed by atoms with E-state index in [-0.39, 0.29) is 6.04 Å². The lowest BCUT2D eigenvalue weighted by Gasteiger charge is -2.17. The van der Waals surface area contributed by atoms with Crippen LogP contribution in [0.4, 0.5) is 0 Å². The molecule has 0 fully saturated rings. The molecule has 0 aliphatic carbocycles. The van der Waals surface area contributed by atoms with E-state index in [0.29, 0.717) is 21.5 Å². The third-order valence-corrected chi connectivity index (χ3v) is 4.08. The molecule has 0 saturated carbocycles. The summed E-state index contributed by atoms with van der Waals surface area (Å²) >= 11 is 18.3. The first-order valence-electron chi connectivity index (χ1n) is 6.02. The largest absolute Gasteiger partial charge is 0.271 e. The molecule has 7 heteroatoms. The minimum atomic E-state index is -0.154. The molecule has 0 spiro atoms. The highest BCUT2D eigenvalue weighted by atomic mass is 35.5. The van der Waals surface area contributed by atoms with Crippen molar-refractivity contribution in [3.8, 4) is 0 Å². The molecule has 1 aromatic heterocycles. The van der Waals surface area contributed by atoms with Gasteiger partial charge in [0.1, 0.15) is 0 Å². The minimum Gasteiger partial charge on any atom is -0.271 e. The van der Waals surface area contributed by atoms with Gasteiger partial charge in [0, 0.05) is 23.5 Å². The zero-order chi connectivity index (χ0) is 14.9. The van der Waals surface area contributed by atoms with Gasteiger partial charge in [-0.15, -0.1) is 0 Å². The third kappa shape index (κ3) is 3.27. The maximum atomic E-state index is 6.26. The summed E-state index contributed by atoms with van der Waals surface area (Å²) in [6.07, 6.45) is 0.587. The zero-order valence-corrected chi connectivity index (χ0v) is 13.4. The first-order chi connectivity index (χ1) is 9.42. The number of aromatic nitrogens is 2. The Labute approximate surface area is 132 Å². The summed E-state index contributed by atoms with van der Waals surface area (Å²) in [5.41, 5.74) is 5.37. The lowest BCUT2D eigenvalue weighted by Crippen LogP contribution is -2.30. The molecule has 0 bridgehead atoms. The number of aryl methyl sites for hydroxylation is 2. The molecule has 0 saturated heterocycles. The highest BCUT2D eigenvalue weighted by molar-refractivity contribution is 6.34. The van der Waals surface area contributed by atoms with Crippen LogP contribution in [-0.2, 0) is 13.5 Å². The van der Waals surface area contributed by atoms with Crippen LogP contribution in [0.1, 0.15) is 23.0 Å². The van der Waals surface area contributed by atoms with E-state index in [9.17, 15) is 0 Å². The SMILES string of the molecule is Cc1nn(C)c(CC(NN)c2cc(Cl)cc(Cl)c2)c1Cl. The van der Waals surface area contributed by atoms with Crippen LogP contribution < -0.4 is 11.3 Å². The molecule has 0 amide bonds. The Kier molecular flexibility index (Phi) is 4.94. The summed E-state index contributed by atoms with van der Waals surface area (Å²) in [6.45, 7) is 1.87. The maximum absolute atomic E-state index is 6.26. The molecule has 4 nitrogen and oxygen atoms in total. The molecule has 1 unspecified atom stereocenters. The van der Waals surface area contributed by atoms with Crippen molar-refractivity contribution < 1.29 is 0 Å². The molecular weight excluding hydrogens is 319 g/mol. The van der Waals surface area contributed by atoms with E-state index in [0.717, 1.165) is 17.0 Å². The molecular formula is C13H15Cl3N4. The molecule has 1 heterocycles. The minimum absolute atomic E-state index is 0.154. The van der Waals surface area contributed by atoms with Gasteiger partial charge in [0.25, 0.3) is 0 Å². The van der Waals surface area contributed by atoms with Crippen molar-refractivity contribution in [2.24, 2.45) is 12.9 Å². The van der Waals surface area contributed by atoms with Gasteiger partial charge in [0.15, 0.2) is 0 Å². The van der Waals surface area contributed by atoms with E-state index in [4.69, 9.17) is 40.6 Å². The lowest BCUT2D eigenvalue weighted by molar-refractivity contribution is 0.530. The normalized spacial score (nSPS) is 12.7. The summed E-state index contributed by atoms with van der Waals surface area (Å²) in [4.78, 5) is 0. The average molecular weight is 334 g/mol. The van der Waals surface area contributed by atoms with Gasteiger partial charge in [-0.1, -0.05) is 34.8 Å². The number of rotatable bonds is 4. The predicted octanol–water partition coefficient (Wildman–Crippen LogP) is 3.44. The van der Waals surface area contributed by atoms with E-state index in [1.54, 1.807) is 10.7 Å². The van der Waals surface area contributed by atoms with E-state index in [2.05, 4.69) is 10.5 Å². The molecule has 0 aliphatic rings. The number of nitrogens with zero attached hydrogens (tertiary/aromatic N) is 2. The number of benzene rings is 1. The van der Waals surface area contributed by atoms with Gasteiger partial charge in [-0.3, -0.25) is 16.0 Å². The molecule has 3 N–H and O–H groups in total. The predicted molar refractivity (Wildman–Crippen MR) is 83.2 cm³/mol. The second-order valence-corrected chi connectivity index (χ2v) is 5.85. The molecule has 2 rings (SSSR count). The molecule has 20 heavy (non-hydrogen) atoms. The maximum Gasteiger partial charge on any atom is 0.0847 e.